The van der Waals surface area contributed by atoms with Crippen LogP contribution in [0.2, 0.25) is 0 Å². The van der Waals surface area contributed by atoms with Crippen LogP contribution in [0.25, 0.3) is 0 Å². The monoisotopic (exact) mass is 320 g/mol. The molecule has 0 saturated heterocycles. The van der Waals surface area contributed by atoms with Crippen LogP contribution in [0, 0.1) is 0 Å². The van der Waals surface area contributed by atoms with Gasteiger partial charge >= 0.3 is 0 Å². The van der Waals surface area contributed by atoms with Gasteiger partial charge in [0.1, 0.15) is 0 Å². The van der Waals surface area contributed by atoms with E-state index in [0.29, 0.717) is 24.7 Å². The topological polar surface area (TPSA) is 38.7 Å². The molecule has 0 saturated carbocycles. The molecule has 0 heterocycles. The maximum atomic E-state index is 9.14. The van der Waals surface area contributed by atoms with E-state index >= 15 is 0 Å². The second kappa shape index (κ2) is 7.84. The van der Waals surface area contributed by atoms with Gasteiger partial charge in [-0.25, -0.2) is 0 Å². The first kappa shape index (κ1) is 14.7. The van der Waals surface area contributed by atoms with Crippen molar-refractivity contribution in [2.75, 3.05) is 25.2 Å². The number of halogens is 1. The molecule has 0 fully saturated rings. The van der Waals surface area contributed by atoms with E-state index in [0.717, 1.165) is 15.8 Å². The molecule has 1 rings (SSSR count). The number of thioether (sulfide) groups is 1. The van der Waals surface area contributed by atoms with Crippen molar-refractivity contribution in [3.8, 4) is 11.5 Å². The fraction of sp³-hybridized carbons (Fsp3) is 0.500. The van der Waals surface area contributed by atoms with Gasteiger partial charge in [0, 0.05) is 5.75 Å². The van der Waals surface area contributed by atoms with Gasteiger partial charge in [0.25, 0.3) is 0 Å². The van der Waals surface area contributed by atoms with E-state index in [1.165, 1.54) is 0 Å². The third kappa shape index (κ3) is 4.41. The van der Waals surface area contributed by atoms with E-state index < -0.39 is 0 Å². The zero-order valence-electron chi connectivity index (χ0n) is 10.0. The Morgan fingerprint density at radius 3 is 2.71 bits per heavy atom. The summed E-state index contributed by atoms with van der Waals surface area (Å²) in [7, 11) is 0. The zero-order valence-corrected chi connectivity index (χ0v) is 12.4. The fourth-order valence-corrected chi connectivity index (χ4v) is 2.20. The molecule has 0 bridgehead atoms. The van der Waals surface area contributed by atoms with Crippen LogP contribution in [0.5, 0.6) is 11.5 Å². The minimum Gasteiger partial charge on any atom is -0.490 e. The summed E-state index contributed by atoms with van der Waals surface area (Å²) in [6.07, 6.45) is 2.04. The average molecular weight is 321 g/mol. The first-order valence-electron chi connectivity index (χ1n) is 5.40. The summed E-state index contributed by atoms with van der Waals surface area (Å²) in [6.45, 7) is 3.12. The minimum atomic E-state index is -0.0102. The summed E-state index contributed by atoms with van der Waals surface area (Å²) in [5.41, 5.74) is 0.803. The Morgan fingerprint density at radius 1 is 1.35 bits per heavy atom. The van der Waals surface area contributed by atoms with Crippen molar-refractivity contribution in [2.24, 2.45) is 0 Å². The van der Waals surface area contributed by atoms with Crippen LogP contribution in [0.3, 0.4) is 0 Å². The van der Waals surface area contributed by atoms with E-state index in [4.69, 9.17) is 14.6 Å². The summed E-state index contributed by atoms with van der Waals surface area (Å²) in [6, 6.07) is 3.65. The lowest BCUT2D eigenvalue weighted by molar-refractivity contribution is 0.273. The van der Waals surface area contributed by atoms with Gasteiger partial charge in [0.2, 0.25) is 0 Å². The molecule has 1 N–H and O–H groups in total. The average Bonchev–Trinajstić information content (AvgIpc) is 2.32. The van der Waals surface area contributed by atoms with Gasteiger partial charge in [-0.15, -0.1) is 0 Å². The minimum absolute atomic E-state index is 0.0102. The predicted molar refractivity (Wildman–Crippen MR) is 75.1 cm³/mol. The van der Waals surface area contributed by atoms with Gasteiger partial charge in [-0.3, -0.25) is 0 Å². The summed E-state index contributed by atoms with van der Waals surface area (Å²) < 4.78 is 12.0. The Kier molecular flexibility index (Phi) is 6.77. The Labute approximate surface area is 115 Å². The molecule has 17 heavy (non-hydrogen) atoms. The summed E-state index contributed by atoms with van der Waals surface area (Å²) in [5.74, 6) is 2.31. The van der Waals surface area contributed by atoms with Crippen LogP contribution in [-0.4, -0.2) is 30.3 Å². The molecule has 0 aliphatic carbocycles. The highest BCUT2D eigenvalue weighted by Gasteiger charge is 2.11. The highest BCUT2D eigenvalue weighted by atomic mass is 79.9. The van der Waals surface area contributed by atoms with Crippen molar-refractivity contribution in [2.45, 2.75) is 13.5 Å². The molecule has 0 spiro atoms. The van der Waals surface area contributed by atoms with Crippen molar-refractivity contribution in [1.29, 1.82) is 0 Å². The lowest BCUT2D eigenvalue weighted by atomic mass is 10.2. The highest BCUT2D eigenvalue weighted by Crippen LogP contribution is 2.37. The van der Waals surface area contributed by atoms with Crippen LogP contribution >= 0.6 is 27.7 Å². The first-order chi connectivity index (χ1) is 8.22. The summed E-state index contributed by atoms with van der Waals surface area (Å²) in [4.78, 5) is 0. The van der Waals surface area contributed by atoms with Crippen molar-refractivity contribution >= 4 is 27.7 Å². The fourth-order valence-electron chi connectivity index (χ4n) is 1.34. The molecule has 0 unspecified atom stereocenters. The van der Waals surface area contributed by atoms with Crippen LogP contribution in [-0.2, 0) is 6.61 Å². The Balaban J connectivity index is 2.90. The first-order valence-corrected chi connectivity index (χ1v) is 7.59. The van der Waals surface area contributed by atoms with Gasteiger partial charge in [-0.2, -0.15) is 11.8 Å². The number of aliphatic hydroxyl groups is 1. The van der Waals surface area contributed by atoms with E-state index in [1.54, 1.807) is 11.8 Å². The normalized spacial score (nSPS) is 10.4. The number of hydrogen-bond donors (Lipinski definition) is 1. The number of aliphatic hydroxyl groups excluding tert-OH is 1. The number of rotatable bonds is 7. The van der Waals surface area contributed by atoms with Crippen LogP contribution in [0.1, 0.15) is 12.5 Å². The number of hydrogen-bond acceptors (Lipinski definition) is 4. The molecule has 0 atom stereocenters. The molecular weight excluding hydrogens is 304 g/mol. The lowest BCUT2D eigenvalue weighted by Crippen LogP contribution is -2.04. The third-order valence-corrected chi connectivity index (χ3v) is 3.25. The van der Waals surface area contributed by atoms with Crippen molar-refractivity contribution in [3.63, 3.8) is 0 Å². The van der Waals surface area contributed by atoms with E-state index in [1.807, 2.05) is 25.3 Å². The standard InChI is InChI=1S/C12H17BrO3S/c1-3-15-11-7-9(8-14)6-10(13)12(11)16-4-5-17-2/h6-7,14H,3-5,8H2,1-2H3. The summed E-state index contributed by atoms with van der Waals surface area (Å²) >= 11 is 5.17. The molecule has 1 aromatic rings. The van der Waals surface area contributed by atoms with Gasteiger partial charge in [0.15, 0.2) is 11.5 Å². The molecule has 0 aromatic heterocycles. The number of benzene rings is 1. The molecule has 0 amide bonds. The van der Waals surface area contributed by atoms with Gasteiger partial charge in [0.05, 0.1) is 24.3 Å². The van der Waals surface area contributed by atoms with Crippen LogP contribution in [0.15, 0.2) is 16.6 Å². The van der Waals surface area contributed by atoms with Crippen molar-refractivity contribution in [3.05, 3.63) is 22.2 Å². The van der Waals surface area contributed by atoms with E-state index in [-0.39, 0.29) is 6.61 Å². The molecule has 0 aliphatic rings. The Morgan fingerprint density at radius 2 is 2.12 bits per heavy atom. The second-order valence-corrected chi connectivity index (χ2v) is 5.18. The highest BCUT2D eigenvalue weighted by molar-refractivity contribution is 9.10. The second-order valence-electron chi connectivity index (χ2n) is 3.34. The Bertz CT molecular complexity index is 358. The molecule has 3 nitrogen and oxygen atoms in total. The smallest absolute Gasteiger partial charge is 0.175 e. The van der Waals surface area contributed by atoms with Crippen molar-refractivity contribution in [1.82, 2.24) is 0 Å². The quantitative estimate of drug-likeness (QED) is 0.784. The van der Waals surface area contributed by atoms with Gasteiger partial charge < -0.3 is 14.6 Å². The Hall–Kier alpha value is -0.390. The molecule has 0 radical (unpaired) electrons. The molecule has 96 valence electrons. The predicted octanol–water partition coefficient (Wildman–Crippen LogP) is 3.08. The molecule has 5 heteroatoms. The number of ether oxygens (including phenoxy) is 2. The van der Waals surface area contributed by atoms with E-state index in [9.17, 15) is 0 Å². The summed E-state index contributed by atoms with van der Waals surface area (Å²) in [5, 5.41) is 9.14. The molecular formula is C12H17BrO3S. The SMILES string of the molecule is CCOc1cc(CO)cc(Br)c1OCCSC. The van der Waals surface area contributed by atoms with Crippen molar-refractivity contribution < 1.29 is 14.6 Å². The molecule has 1 aromatic carbocycles. The van der Waals surface area contributed by atoms with Gasteiger partial charge in [-0.05, 0) is 46.8 Å². The van der Waals surface area contributed by atoms with E-state index in [2.05, 4.69) is 15.9 Å². The maximum Gasteiger partial charge on any atom is 0.175 e. The van der Waals surface area contributed by atoms with Gasteiger partial charge in [-0.1, -0.05) is 0 Å². The molecule has 0 aliphatic heterocycles. The third-order valence-electron chi connectivity index (χ3n) is 2.09. The largest absolute Gasteiger partial charge is 0.490 e. The lowest BCUT2D eigenvalue weighted by Gasteiger charge is -2.14. The van der Waals surface area contributed by atoms with Crippen LogP contribution in [0.4, 0.5) is 0 Å². The maximum absolute atomic E-state index is 9.14. The van der Waals surface area contributed by atoms with Crippen LogP contribution < -0.4 is 9.47 Å². The zero-order chi connectivity index (χ0) is 12.7.